The molecule has 0 radical (unpaired) electrons. The van der Waals surface area contributed by atoms with Crippen LogP contribution in [0.2, 0.25) is 0 Å². The molecule has 7 nitrogen and oxygen atoms in total. The molecule has 0 N–H and O–H groups in total. The molecule has 130 valence electrons. The molecule has 0 aromatic carbocycles. The Balaban J connectivity index is 1.63. The number of nitrogens with zero attached hydrogens (tertiary/aromatic N) is 4. The molecule has 2 saturated heterocycles. The maximum Gasteiger partial charge on any atom is 0.255 e. The lowest BCUT2D eigenvalue weighted by Gasteiger charge is -2.34. The van der Waals surface area contributed by atoms with Crippen LogP contribution in [0.15, 0.2) is 18.5 Å². The monoisotopic (exact) mass is 332 g/mol. The standard InChI is InChI=1S/C17H24N4O3/c22-16-3-1-8-20(16)9-2-10-21(15-5-11-24-12-6-15)17(23)14-4-7-18-19-13-14/h4,7,13,15H,1-3,5-6,8-12H2. The topological polar surface area (TPSA) is 75.6 Å². The van der Waals surface area contributed by atoms with E-state index in [-0.39, 0.29) is 17.9 Å². The van der Waals surface area contributed by atoms with E-state index in [9.17, 15) is 9.59 Å². The Bertz CT molecular complexity index is 560. The fourth-order valence-corrected chi connectivity index (χ4v) is 3.40. The maximum atomic E-state index is 12.9. The van der Waals surface area contributed by atoms with Crippen molar-refractivity contribution in [3.05, 3.63) is 24.0 Å². The van der Waals surface area contributed by atoms with E-state index in [2.05, 4.69) is 10.2 Å². The van der Waals surface area contributed by atoms with Gasteiger partial charge in [0.15, 0.2) is 0 Å². The lowest BCUT2D eigenvalue weighted by molar-refractivity contribution is -0.127. The van der Waals surface area contributed by atoms with Crippen LogP contribution in [-0.4, -0.2) is 70.7 Å². The third-order valence-corrected chi connectivity index (χ3v) is 4.72. The van der Waals surface area contributed by atoms with Crippen LogP contribution in [0, 0.1) is 0 Å². The fourth-order valence-electron chi connectivity index (χ4n) is 3.40. The Morgan fingerprint density at radius 3 is 2.83 bits per heavy atom. The minimum absolute atomic E-state index is 0.00968. The molecule has 2 fully saturated rings. The van der Waals surface area contributed by atoms with Gasteiger partial charge in [-0.15, -0.1) is 0 Å². The first-order valence-corrected chi connectivity index (χ1v) is 8.69. The van der Waals surface area contributed by atoms with Gasteiger partial charge in [0.05, 0.1) is 18.0 Å². The van der Waals surface area contributed by atoms with E-state index in [0.29, 0.717) is 31.7 Å². The van der Waals surface area contributed by atoms with Crippen molar-refractivity contribution in [3.63, 3.8) is 0 Å². The van der Waals surface area contributed by atoms with Gasteiger partial charge in [-0.25, -0.2) is 0 Å². The molecule has 7 heteroatoms. The second kappa shape index (κ2) is 8.19. The second-order valence-electron chi connectivity index (χ2n) is 6.31. The quantitative estimate of drug-likeness (QED) is 0.780. The van der Waals surface area contributed by atoms with Crippen molar-refractivity contribution >= 4 is 11.8 Å². The van der Waals surface area contributed by atoms with Gasteiger partial charge in [-0.05, 0) is 31.7 Å². The van der Waals surface area contributed by atoms with Crippen LogP contribution in [-0.2, 0) is 9.53 Å². The maximum absolute atomic E-state index is 12.9. The summed E-state index contributed by atoms with van der Waals surface area (Å²) < 4.78 is 5.42. The average Bonchev–Trinajstić information content (AvgIpc) is 3.05. The van der Waals surface area contributed by atoms with Crippen molar-refractivity contribution in [1.29, 1.82) is 0 Å². The predicted molar refractivity (Wildman–Crippen MR) is 87.3 cm³/mol. The summed E-state index contributed by atoms with van der Waals surface area (Å²) in [6.07, 6.45) is 7.17. The average molecular weight is 332 g/mol. The molecule has 2 amide bonds. The molecule has 0 aliphatic carbocycles. The van der Waals surface area contributed by atoms with Crippen LogP contribution in [0.3, 0.4) is 0 Å². The van der Waals surface area contributed by atoms with Crippen molar-refractivity contribution in [2.45, 2.75) is 38.1 Å². The Hall–Kier alpha value is -2.02. The van der Waals surface area contributed by atoms with E-state index in [0.717, 1.165) is 38.8 Å². The molecule has 2 aliphatic rings. The SMILES string of the molecule is O=C1CCCN1CCCN(C(=O)c1ccnnc1)C1CCOCC1. The van der Waals surface area contributed by atoms with Gasteiger partial charge >= 0.3 is 0 Å². The number of carbonyl (C=O) groups excluding carboxylic acids is 2. The van der Waals surface area contributed by atoms with E-state index in [1.807, 2.05) is 9.80 Å². The Labute approximate surface area is 142 Å². The zero-order valence-corrected chi connectivity index (χ0v) is 13.9. The highest BCUT2D eigenvalue weighted by atomic mass is 16.5. The van der Waals surface area contributed by atoms with Gasteiger partial charge in [-0.3, -0.25) is 9.59 Å². The molecule has 1 aromatic rings. The number of carbonyl (C=O) groups is 2. The van der Waals surface area contributed by atoms with Crippen LogP contribution in [0.25, 0.3) is 0 Å². The molecular formula is C17H24N4O3. The van der Waals surface area contributed by atoms with E-state index in [4.69, 9.17) is 4.74 Å². The minimum atomic E-state index is -0.00968. The van der Waals surface area contributed by atoms with Gasteiger partial charge in [0.2, 0.25) is 5.91 Å². The van der Waals surface area contributed by atoms with Crippen LogP contribution in [0.4, 0.5) is 0 Å². The number of hydrogen-bond acceptors (Lipinski definition) is 5. The van der Waals surface area contributed by atoms with Crippen LogP contribution in [0.1, 0.15) is 42.5 Å². The van der Waals surface area contributed by atoms with Crippen molar-refractivity contribution in [2.24, 2.45) is 0 Å². The Morgan fingerprint density at radius 1 is 1.33 bits per heavy atom. The smallest absolute Gasteiger partial charge is 0.255 e. The summed E-state index contributed by atoms with van der Waals surface area (Å²) in [5.74, 6) is 0.224. The zero-order chi connectivity index (χ0) is 16.8. The first kappa shape index (κ1) is 16.8. The molecule has 0 unspecified atom stereocenters. The van der Waals surface area contributed by atoms with Gasteiger partial charge in [0.1, 0.15) is 0 Å². The molecule has 3 rings (SSSR count). The van der Waals surface area contributed by atoms with Crippen molar-refractivity contribution in [2.75, 3.05) is 32.8 Å². The first-order valence-electron chi connectivity index (χ1n) is 8.69. The van der Waals surface area contributed by atoms with Gasteiger partial charge in [0.25, 0.3) is 5.91 Å². The molecule has 0 saturated carbocycles. The molecule has 24 heavy (non-hydrogen) atoms. The summed E-state index contributed by atoms with van der Waals surface area (Å²) in [6, 6.07) is 1.89. The fraction of sp³-hybridized carbons (Fsp3) is 0.647. The molecule has 2 aliphatic heterocycles. The molecule has 0 bridgehead atoms. The minimum Gasteiger partial charge on any atom is -0.381 e. The lowest BCUT2D eigenvalue weighted by Crippen LogP contribution is -2.44. The Morgan fingerprint density at radius 2 is 2.17 bits per heavy atom. The highest BCUT2D eigenvalue weighted by Gasteiger charge is 2.27. The summed E-state index contributed by atoms with van der Waals surface area (Å²) in [6.45, 7) is 3.59. The second-order valence-corrected chi connectivity index (χ2v) is 6.31. The van der Waals surface area contributed by atoms with Crippen LogP contribution < -0.4 is 0 Å². The number of amides is 2. The van der Waals surface area contributed by atoms with Crippen molar-refractivity contribution < 1.29 is 14.3 Å². The lowest BCUT2D eigenvalue weighted by atomic mass is 10.1. The largest absolute Gasteiger partial charge is 0.381 e. The van der Waals surface area contributed by atoms with Gasteiger partial charge in [0, 0.05) is 45.3 Å². The molecule has 0 spiro atoms. The highest BCUT2D eigenvalue weighted by molar-refractivity contribution is 5.94. The number of aromatic nitrogens is 2. The van der Waals surface area contributed by atoms with E-state index >= 15 is 0 Å². The van der Waals surface area contributed by atoms with E-state index in [1.54, 1.807) is 6.07 Å². The number of ether oxygens (including phenoxy) is 1. The third-order valence-electron chi connectivity index (χ3n) is 4.72. The van der Waals surface area contributed by atoms with Gasteiger partial charge in [-0.1, -0.05) is 0 Å². The molecule has 1 aromatic heterocycles. The summed E-state index contributed by atoms with van der Waals surface area (Å²) in [7, 11) is 0. The van der Waals surface area contributed by atoms with Crippen LogP contribution in [0.5, 0.6) is 0 Å². The number of rotatable bonds is 6. The van der Waals surface area contributed by atoms with E-state index in [1.165, 1.54) is 12.4 Å². The molecule has 0 atom stereocenters. The molecule has 3 heterocycles. The van der Waals surface area contributed by atoms with Crippen molar-refractivity contribution in [1.82, 2.24) is 20.0 Å². The number of likely N-dealkylation sites (tertiary alicyclic amines) is 1. The van der Waals surface area contributed by atoms with Crippen molar-refractivity contribution in [3.8, 4) is 0 Å². The Kier molecular flexibility index (Phi) is 5.74. The summed E-state index contributed by atoms with van der Waals surface area (Å²) >= 11 is 0. The molecular weight excluding hydrogens is 308 g/mol. The van der Waals surface area contributed by atoms with Gasteiger partial charge in [-0.2, -0.15) is 10.2 Å². The first-order chi connectivity index (χ1) is 11.8. The zero-order valence-electron chi connectivity index (χ0n) is 13.9. The number of hydrogen-bond donors (Lipinski definition) is 0. The predicted octanol–water partition coefficient (Wildman–Crippen LogP) is 1.11. The summed E-state index contributed by atoms with van der Waals surface area (Å²) in [4.78, 5) is 28.4. The normalized spacial score (nSPS) is 18.8. The van der Waals surface area contributed by atoms with Gasteiger partial charge < -0.3 is 14.5 Å². The van der Waals surface area contributed by atoms with E-state index < -0.39 is 0 Å². The van der Waals surface area contributed by atoms with Crippen LogP contribution >= 0.6 is 0 Å². The summed E-state index contributed by atoms with van der Waals surface area (Å²) in [5, 5.41) is 7.55. The third kappa shape index (κ3) is 4.08. The summed E-state index contributed by atoms with van der Waals surface area (Å²) in [5.41, 5.74) is 0.564. The highest BCUT2D eigenvalue weighted by Crippen LogP contribution is 2.18.